The standard InChI is InChI=1S/C12H15NO/c1-2-3-10-4-6-11(7-5-10)12(14)13-8-9-13/h4-7H,2-3,8-9H2,1H3. The van der Waals surface area contributed by atoms with Crippen molar-refractivity contribution in [1.82, 2.24) is 4.90 Å². The van der Waals surface area contributed by atoms with E-state index in [4.69, 9.17) is 0 Å². The highest BCUT2D eigenvalue weighted by atomic mass is 16.2. The van der Waals surface area contributed by atoms with E-state index in [1.54, 1.807) is 0 Å². The molecule has 1 saturated heterocycles. The molecule has 2 rings (SSSR count). The lowest BCUT2D eigenvalue weighted by atomic mass is 10.1. The Morgan fingerprint density at radius 2 is 1.93 bits per heavy atom. The summed E-state index contributed by atoms with van der Waals surface area (Å²) in [4.78, 5) is 13.4. The van der Waals surface area contributed by atoms with Crippen LogP contribution in [-0.4, -0.2) is 23.9 Å². The average Bonchev–Trinajstić information content (AvgIpc) is 3.02. The summed E-state index contributed by atoms with van der Waals surface area (Å²) in [5.74, 6) is 0.174. The first-order chi connectivity index (χ1) is 6.81. The Kier molecular flexibility index (Phi) is 2.53. The lowest BCUT2D eigenvalue weighted by Crippen LogP contribution is -2.10. The molecule has 0 aromatic heterocycles. The molecule has 1 heterocycles. The van der Waals surface area contributed by atoms with Crippen molar-refractivity contribution in [1.29, 1.82) is 0 Å². The molecule has 1 fully saturated rings. The van der Waals surface area contributed by atoms with E-state index >= 15 is 0 Å². The molecule has 0 bridgehead atoms. The molecule has 1 aromatic carbocycles. The third-order valence-corrected chi connectivity index (χ3v) is 2.47. The van der Waals surface area contributed by atoms with Crippen LogP contribution in [0.1, 0.15) is 29.3 Å². The number of hydrogen-bond donors (Lipinski definition) is 0. The third-order valence-electron chi connectivity index (χ3n) is 2.47. The second kappa shape index (κ2) is 3.82. The lowest BCUT2D eigenvalue weighted by molar-refractivity contribution is 0.0885. The quantitative estimate of drug-likeness (QED) is 0.667. The maximum atomic E-state index is 11.6. The molecule has 0 aliphatic carbocycles. The van der Waals surface area contributed by atoms with E-state index in [1.165, 1.54) is 5.56 Å². The maximum Gasteiger partial charge on any atom is 0.253 e. The number of hydrogen-bond acceptors (Lipinski definition) is 1. The first kappa shape index (κ1) is 9.25. The van der Waals surface area contributed by atoms with Gasteiger partial charge in [-0.25, -0.2) is 0 Å². The summed E-state index contributed by atoms with van der Waals surface area (Å²) in [5.41, 5.74) is 2.14. The molecule has 2 nitrogen and oxygen atoms in total. The largest absolute Gasteiger partial charge is 0.335 e. The highest BCUT2D eigenvalue weighted by molar-refractivity contribution is 5.95. The van der Waals surface area contributed by atoms with Crippen molar-refractivity contribution in [3.05, 3.63) is 35.4 Å². The Bertz CT molecular complexity index is 325. The summed E-state index contributed by atoms with van der Waals surface area (Å²) >= 11 is 0. The highest BCUT2D eigenvalue weighted by Crippen LogP contribution is 2.13. The van der Waals surface area contributed by atoms with Crippen LogP contribution >= 0.6 is 0 Å². The van der Waals surface area contributed by atoms with Gasteiger partial charge in [0, 0.05) is 18.7 Å². The predicted molar refractivity (Wildman–Crippen MR) is 56.3 cm³/mol. The summed E-state index contributed by atoms with van der Waals surface area (Å²) in [7, 11) is 0. The highest BCUT2D eigenvalue weighted by Gasteiger charge is 2.24. The molecule has 0 spiro atoms. The van der Waals surface area contributed by atoms with Gasteiger partial charge < -0.3 is 4.90 Å². The smallest absolute Gasteiger partial charge is 0.253 e. The molecule has 0 radical (unpaired) electrons. The van der Waals surface area contributed by atoms with Crippen LogP contribution < -0.4 is 0 Å². The summed E-state index contributed by atoms with van der Waals surface area (Å²) in [6.45, 7) is 4.01. The first-order valence-corrected chi connectivity index (χ1v) is 5.19. The van der Waals surface area contributed by atoms with Gasteiger partial charge in [-0.15, -0.1) is 0 Å². The second-order valence-electron chi connectivity index (χ2n) is 3.74. The summed E-state index contributed by atoms with van der Waals surface area (Å²) in [6.07, 6.45) is 2.25. The molecular weight excluding hydrogens is 174 g/mol. The monoisotopic (exact) mass is 189 g/mol. The van der Waals surface area contributed by atoms with Crippen molar-refractivity contribution < 1.29 is 4.79 Å². The van der Waals surface area contributed by atoms with E-state index in [1.807, 2.05) is 17.0 Å². The number of rotatable bonds is 3. The van der Waals surface area contributed by atoms with Crippen molar-refractivity contribution in [3.63, 3.8) is 0 Å². The number of nitrogens with zero attached hydrogens (tertiary/aromatic N) is 1. The minimum absolute atomic E-state index is 0.174. The van der Waals surface area contributed by atoms with E-state index in [0.29, 0.717) is 0 Å². The van der Waals surface area contributed by atoms with Gasteiger partial charge in [0.1, 0.15) is 0 Å². The van der Waals surface area contributed by atoms with Gasteiger partial charge >= 0.3 is 0 Å². The van der Waals surface area contributed by atoms with E-state index in [0.717, 1.165) is 31.5 Å². The van der Waals surface area contributed by atoms with Crippen molar-refractivity contribution in [2.24, 2.45) is 0 Å². The molecule has 1 amide bonds. The molecule has 2 heteroatoms. The Labute approximate surface area is 84.5 Å². The molecular formula is C12H15NO. The Hall–Kier alpha value is -1.31. The van der Waals surface area contributed by atoms with Crippen molar-refractivity contribution in [3.8, 4) is 0 Å². The van der Waals surface area contributed by atoms with Crippen LogP contribution in [0, 0.1) is 0 Å². The average molecular weight is 189 g/mol. The molecule has 0 atom stereocenters. The molecule has 0 N–H and O–H groups in total. The number of carbonyl (C=O) groups is 1. The van der Waals surface area contributed by atoms with Crippen molar-refractivity contribution in [2.45, 2.75) is 19.8 Å². The number of aryl methyl sites for hydroxylation is 1. The van der Waals surface area contributed by atoms with E-state index in [9.17, 15) is 4.79 Å². The molecule has 1 aliphatic heterocycles. The van der Waals surface area contributed by atoms with Gasteiger partial charge in [0.2, 0.25) is 0 Å². The SMILES string of the molecule is CCCc1ccc(C(=O)N2CC2)cc1. The minimum Gasteiger partial charge on any atom is -0.335 e. The summed E-state index contributed by atoms with van der Waals surface area (Å²) in [6, 6.07) is 7.98. The van der Waals surface area contributed by atoms with Crippen LogP contribution in [0.15, 0.2) is 24.3 Å². The Balaban J connectivity index is 2.08. The molecule has 14 heavy (non-hydrogen) atoms. The fourth-order valence-corrected chi connectivity index (χ4v) is 1.54. The van der Waals surface area contributed by atoms with Gasteiger partial charge in [-0.2, -0.15) is 0 Å². The van der Waals surface area contributed by atoms with Crippen molar-refractivity contribution in [2.75, 3.05) is 13.1 Å². The third kappa shape index (κ3) is 1.95. The van der Waals surface area contributed by atoms with Gasteiger partial charge in [0.05, 0.1) is 0 Å². The zero-order valence-corrected chi connectivity index (χ0v) is 8.49. The van der Waals surface area contributed by atoms with Crippen LogP contribution in [0.2, 0.25) is 0 Å². The molecule has 74 valence electrons. The van der Waals surface area contributed by atoms with Crippen LogP contribution in [-0.2, 0) is 6.42 Å². The molecule has 1 aliphatic rings. The van der Waals surface area contributed by atoms with Gasteiger partial charge in [0.25, 0.3) is 5.91 Å². The maximum absolute atomic E-state index is 11.6. The topological polar surface area (TPSA) is 20.1 Å². The van der Waals surface area contributed by atoms with E-state index in [-0.39, 0.29) is 5.91 Å². The second-order valence-corrected chi connectivity index (χ2v) is 3.74. The Morgan fingerprint density at radius 1 is 1.29 bits per heavy atom. The fraction of sp³-hybridized carbons (Fsp3) is 0.417. The zero-order valence-electron chi connectivity index (χ0n) is 8.49. The minimum atomic E-state index is 0.174. The number of amides is 1. The van der Waals surface area contributed by atoms with Crippen LogP contribution in [0.3, 0.4) is 0 Å². The van der Waals surface area contributed by atoms with Gasteiger partial charge in [-0.1, -0.05) is 25.5 Å². The van der Waals surface area contributed by atoms with Gasteiger partial charge in [-0.3, -0.25) is 4.79 Å². The van der Waals surface area contributed by atoms with Crippen LogP contribution in [0.5, 0.6) is 0 Å². The number of benzene rings is 1. The molecule has 1 aromatic rings. The lowest BCUT2D eigenvalue weighted by Gasteiger charge is -2.03. The van der Waals surface area contributed by atoms with Gasteiger partial charge in [0.15, 0.2) is 0 Å². The predicted octanol–water partition coefficient (Wildman–Crippen LogP) is 2.09. The van der Waals surface area contributed by atoms with Crippen LogP contribution in [0.25, 0.3) is 0 Å². The fourth-order valence-electron chi connectivity index (χ4n) is 1.54. The summed E-state index contributed by atoms with van der Waals surface area (Å²) in [5, 5.41) is 0. The van der Waals surface area contributed by atoms with Gasteiger partial charge in [-0.05, 0) is 24.1 Å². The normalized spacial score (nSPS) is 14.2. The Morgan fingerprint density at radius 3 is 2.43 bits per heavy atom. The number of carbonyl (C=O) groups excluding carboxylic acids is 1. The van der Waals surface area contributed by atoms with Crippen molar-refractivity contribution >= 4 is 5.91 Å². The van der Waals surface area contributed by atoms with E-state index < -0.39 is 0 Å². The van der Waals surface area contributed by atoms with Crippen LogP contribution in [0.4, 0.5) is 0 Å². The molecule has 0 saturated carbocycles. The molecule has 0 unspecified atom stereocenters. The van der Waals surface area contributed by atoms with E-state index in [2.05, 4.69) is 19.1 Å². The summed E-state index contributed by atoms with van der Waals surface area (Å²) < 4.78 is 0. The first-order valence-electron chi connectivity index (χ1n) is 5.19. The zero-order chi connectivity index (χ0) is 9.97.